The van der Waals surface area contributed by atoms with Crippen LogP contribution >= 0.6 is 15.9 Å². The van der Waals surface area contributed by atoms with Gasteiger partial charge in [0.05, 0.1) is 6.10 Å². The van der Waals surface area contributed by atoms with E-state index in [-0.39, 0.29) is 12.0 Å². The Bertz CT molecular complexity index is 557. The van der Waals surface area contributed by atoms with E-state index in [1.165, 1.54) is 0 Å². The lowest BCUT2D eigenvalue weighted by atomic mass is 9.96. The van der Waals surface area contributed by atoms with Gasteiger partial charge in [0.2, 0.25) is 0 Å². The average Bonchev–Trinajstić information content (AvgIpc) is 2.52. The van der Waals surface area contributed by atoms with Gasteiger partial charge in [0, 0.05) is 16.9 Å². The van der Waals surface area contributed by atoms with Crippen LogP contribution in [-0.2, 0) is 6.42 Å². The van der Waals surface area contributed by atoms with Crippen molar-refractivity contribution < 1.29 is 9.84 Å². The number of hydrogen-bond donors (Lipinski definition) is 1. The summed E-state index contributed by atoms with van der Waals surface area (Å²) >= 11 is 3.41. The lowest BCUT2D eigenvalue weighted by molar-refractivity contribution is 0.00485. The fourth-order valence-electron chi connectivity index (χ4n) is 2.35. The third-order valence-corrected chi connectivity index (χ3v) is 4.10. The van der Waals surface area contributed by atoms with E-state index in [0.29, 0.717) is 6.42 Å². The number of halogens is 1. The van der Waals surface area contributed by atoms with Crippen molar-refractivity contribution in [2.75, 3.05) is 0 Å². The first kappa shape index (κ1) is 17.0. The van der Waals surface area contributed by atoms with Crippen LogP contribution in [0.3, 0.4) is 0 Å². The van der Waals surface area contributed by atoms with Crippen molar-refractivity contribution in [1.29, 1.82) is 0 Å². The molecule has 4 heteroatoms. The van der Waals surface area contributed by atoms with Gasteiger partial charge in [-0.15, -0.1) is 0 Å². The predicted octanol–water partition coefficient (Wildman–Crippen LogP) is 4.24. The van der Waals surface area contributed by atoms with Gasteiger partial charge in [-0.25, -0.2) is 0 Å². The molecule has 0 saturated heterocycles. The third kappa shape index (κ3) is 5.11. The zero-order chi connectivity index (χ0) is 15.9. The first-order valence-corrected chi connectivity index (χ1v) is 8.34. The Morgan fingerprint density at radius 1 is 1.18 bits per heavy atom. The zero-order valence-corrected chi connectivity index (χ0v) is 14.5. The first-order valence-electron chi connectivity index (χ1n) is 7.55. The molecule has 1 aromatic carbocycles. The molecule has 0 radical (unpaired) electrons. The van der Waals surface area contributed by atoms with E-state index in [9.17, 15) is 5.11 Å². The van der Waals surface area contributed by atoms with Crippen LogP contribution in [0.1, 0.15) is 25.8 Å². The molecule has 0 saturated carbocycles. The lowest BCUT2D eigenvalue weighted by Crippen LogP contribution is -2.36. The number of hydrogen-bond acceptors (Lipinski definition) is 3. The summed E-state index contributed by atoms with van der Waals surface area (Å²) in [5, 5.41) is 10.5. The fraction of sp³-hybridized carbons (Fsp3) is 0.389. The monoisotopic (exact) mass is 363 g/mol. The third-order valence-electron chi connectivity index (χ3n) is 3.57. The van der Waals surface area contributed by atoms with Gasteiger partial charge < -0.3 is 9.84 Å². The summed E-state index contributed by atoms with van der Waals surface area (Å²) in [6, 6.07) is 11.6. The maximum atomic E-state index is 10.5. The van der Waals surface area contributed by atoms with Gasteiger partial charge in [-0.05, 0) is 54.7 Å². The topological polar surface area (TPSA) is 42.4 Å². The van der Waals surface area contributed by atoms with Crippen molar-refractivity contribution in [3.05, 3.63) is 58.8 Å². The van der Waals surface area contributed by atoms with Crippen molar-refractivity contribution in [1.82, 2.24) is 4.98 Å². The molecule has 3 nitrogen and oxygen atoms in total. The van der Waals surface area contributed by atoms with Crippen molar-refractivity contribution in [3.63, 3.8) is 0 Å². The van der Waals surface area contributed by atoms with Crippen LogP contribution in [0.2, 0.25) is 0 Å². The van der Waals surface area contributed by atoms with Crippen molar-refractivity contribution in [3.8, 4) is 5.75 Å². The first-order chi connectivity index (χ1) is 10.6. The van der Waals surface area contributed by atoms with Gasteiger partial charge in [-0.1, -0.05) is 35.8 Å². The van der Waals surface area contributed by atoms with E-state index in [1.807, 2.05) is 42.6 Å². The number of rotatable bonds is 7. The molecule has 0 aliphatic heterocycles. The second-order valence-electron chi connectivity index (χ2n) is 5.75. The van der Waals surface area contributed by atoms with Gasteiger partial charge in [-0.2, -0.15) is 0 Å². The molecule has 0 bridgehead atoms. The van der Waals surface area contributed by atoms with Crippen molar-refractivity contribution >= 4 is 15.9 Å². The largest absolute Gasteiger partial charge is 0.487 e. The van der Waals surface area contributed by atoms with Crippen LogP contribution in [0.15, 0.2) is 53.3 Å². The Hall–Kier alpha value is -1.39. The molecule has 0 unspecified atom stereocenters. The highest BCUT2D eigenvalue weighted by Crippen LogP contribution is 2.22. The lowest BCUT2D eigenvalue weighted by Gasteiger charge is -2.27. The van der Waals surface area contributed by atoms with E-state index in [2.05, 4.69) is 34.8 Å². The minimum absolute atomic E-state index is 0.224. The molecule has 2 aromatic rings. The summed E-state index contributed by atoms with van der Waals surface area (Å²) in [4.78, 5) is 4.10. The maximum absolute atomic E-state index is 10.5. The zero-order valence-electron chi connectivity index (χ0n) is 12.9. The van der Waals surface area contributed by atoms with Crippen molar-refractivity contribution in [2.24, 2.45) is 5.92 Å². The number of ether oxygens (including phenoxy) is 1. The molecule has 0 aliphatic rings. The molecule has 2 atom stereocenters. The summed E-state index contributed by atoms with van der Waals surface area (Å²) in [5.74, 6) is 1.01. The fourth-order valence-corrected chi connectivity index (χ4v) is 2.62. The number of aliphatic hydroxyl groups excluding tert-OH is 1. The van der Waals surface area contributed by atoms with Gasteiger partial charge in [0.15, 0.2) is 0 Å². The number of benzene rings is 1. The second kappa shape index (κ2) is 8.30. The van der Waals surface area contributed by atoms with Gasteiger partial charge in [0.25, 0.3) is 0 Å². The molecule has 0 fully saturated rings. The number of nitrogens with zero attached hydrogens (tertiary/aromatic N) is 1. The molecular formula is C18H22BrNO2. The van der Waals surface area contributed by atoms with Gasteiger partial charge in [0.1, 0.15) is 11.9 Å². The summed E-state index contributed by atoms with van der Waals surface area (Å²) in [6.45, 7) is 4.13. The molecule has 2 rings (SSSR count). The molecule has 1 N–H and O–H groups in total. The van der Waals surface area contributed by atoms with Crippen molar-refractivity contribution in [2.45, 2.75) is 38.9 Å². The Labute approximate surface area is 140 Å². The molecule has 0 spiro atoms. The quantitative estimate of drug-likeness (QED) is 0.799. The van der Waals surface area contributed by atoms with Crippen LogP contribution in [0.4, 0.5) is 0 Å². The summed E-state index contributed by atoms with van der Waals surface area (Å²) in [7, 11) is 0. The van der Waals surface area contributed by atoms with Crippen LogP contribution in [-0.4, -0.2) is 22.3 Å². The van der Waals surface area contributed by atoms with E-state index in [1.54, 1.807) is 6.20 Å². The number of aliphatic hydroxyl groups is 1. The van der Waals surface area contributed by atoms with Crippen LogP contribution < -0.4 is 4.74 Å². The average molecular weight is 364 g/mol. The SMILES string of the molecule is CC(C)[C@H](Oc1ccc(Br)cc1)[C@H](O)CCc1cccnc1. The highest BCUT2D eigenvalue weighted by Gasteiger charge is 2.24. The minimum atomic E-state index is -0.510. The van der Waals surface area contributed by atoms with E-state index >= 15 is 0 Å². The molecule has 0 aliphatic carbocycles. The highest BCUT2D eigenvalue weighted by molar-refractivity contribution is 9.10. The highest BCUT2D eigenvalue weighted by atomic mass is 79.9. The number of pyridine rings is 1. The van der Waals surface area contributed by atoms with Crippen LogP contribution in [0.5, 0.6) is 5.75 Å². The molecule has 118 valence electrons. The van der Waals surface area contributed by atoms with Gasteiger partial charge in [-0.3, -0.25) is 4.98 Å². The van der Waals surface area contributed by atoms with E-state index in [0.717, 1.165) is 22.2 Å². The predicted molar refractivity (Wildman–Crippen MR) is 92.0 cm³/mol. The summed E-state index contributed by atoms with van der Waals surface area (Å²) in [6.07, 6.45) is 4.31. The Morgan fingerprint density at radius 2 is 1.91 bits per heavy atom. The normalized spacial score (nSPS) is 13.9. The number of aryl methyl sites for hydroxylation is 1. The Kier molecular flexibility index (Phi) is 6.40. The summed E-state index contributed by atoms with van der Waals surface area (Å²) < 4.78 is 7.01. The molecule has 1 heterocycles. The van der Waals surface area contributed by atoms with Crippen LogP contribution in [0, 0.1) is 5.92 Å². The summed E-state index contributed by atoms with van der Waals surface area (Å²) in [5.41, 5.74) is 1.13. The number of aromatic nitrogens is 1. The Morgan fingerprint density at radius 3 is 2.50 bits per heavy atom. The smallest absolute Gasteiger partial charge is 0.127 e. The maximum Gasteiger partial charge on any atom is 0.127 e. The molecule has 22 heavy (non-hydrogen) atoms. The molecular weight excluding hydrogens is 342 g/mol. The Balaban J connectivity index is 1.96. The van der Waals surface area contributed by atoms with Gasteiger partial charge >= 0.3 is 0 Å². The molecule has 1 aromatic heterocycles. The standard InChI is InChI=1S/C18H22BrNO2/c1-13(2)18(22-16-8-6-15(19)7-9-16)17(21)10-5-14-4-3-11-20-12-14/h3-4,6-9,11-13,17-18,21H,5,10H2,1-2H3/t17-,18+/m1/s1. The van der Waals surface area contributed by atoms with Crippen LogP contribution in [0.25, 0.3) is 0 Å². The molecule has 0 amide bonds. The second-order valence-corrected chi connectivity index (χ2v) is 6.66. The van der Waals surface area contributed by atoms with E-state index in [4.69, 9.17) is 4.74 Å². The minimum Gasteiger partial charge on any atom is -0.487 e. The van der Waals surface area contributed by atoms with E-state index < -0.39 is 6.10 Å².